The van der Waals surface area contributed by atoms with Crippen LogP contribution in [0.15, 0.2) is 18.5 Å². The molecule has 2 aromatic heterocycles. The van der Waals surface area contributed by atoms with Crippen LogP contribution in [0, 0.1) is 0 Å². The van der Waals surface area contributed by atoms with E-state index in [1.807, 2.05) is 19.4 Å². The van der Waals surface area contributed by atoms with Crippen LogP contribution >= 0.6 is 0 Å². The quantitative estimate of drug-likeness (QED) is 0.635. The van der Waals surface area contributed by atoms with Crippen LogP contribution in [-0.2, 0) is 13.5 Å². The van der Waals surface area contributed by atoms with Crippen molar-refractivity contribution >= 4 is 11.0 Å². The summed E-state index contributed by atoms with van der Waals surface area (Å²) in [4.78, 5) is 4.24. The Morgan fingerprint density at radius 3 is 3.08 bits per heavy atom. The topological polar surface area (TPSA) is 30.7 Å². The summed E-state index contributed by atoms with van der Waals surface area (Å²) in [7, 11) is 1.91. The molecule has 3 heteroatoms. The van der Waals surface area contributed by atoms with Crippen LogP contribution < -0.4 is 0 Å². The summed E-state index contributed by atoms with van der Waals surface area (Å²) < 4.78 is 1.79. The minimum Gasteiger partial charge on any atom is -0.273 e. The molecule has 2 rings (SSSR count). The van der Waals surface area contributed by atoms with E-state index in [2.05, 4.69) is 23.1 Å². The van der Waals surface area contributed by atoms with Crippen molar-refractivity contribution in [2.24, 2.45) is 7.05 Å². The number of aryl methyl sites for hydroxylation is 2. The van der Waals surface area contributed by atoms with Gasteiger partial charge in [-0.2, -0.15) is 5.10 Å². The van der Waals surface area contributed by atoms with Gasteiger partial charge in [0.05, 0.1) is 0 Å². The van der Waals surface area contributed by atoms with Gasteiger partial charge >= 0.3 is 0 Å². The lowest BCUT2D eigenvalue weighted by molar-refractivity contribution is 0.776. The SMILES string of the molecule is CCc1cnc2nn(C)cc2c1. The van der Waals surface area contributed by atoms with Crippen LogP contribution in [0.2, 0.25) is 0 Å². The van der Waals surface area contributed by atoms with Crippen molar-refractivity contribution in [3.8, 4) is 0 Å². The molecule has 0 N–H and O–H groups in total. The van der Waals surface area contributed by atoms with Crippen molar-refractivity contribution in [2.75, 3.05) is 0 Å². The molecule has 0 saturated heterocycles. The molecule has 0 fully saturated rings. The Hall–Kier alpha value is -1.38. The van der Waals surface area contributed by atoms with E-state index < -0.39 is 0 Å². The molecule has 2 aromatic rings. The number of rotatable bonds is 1. The maximum absolute atomic E-state index is 4.24. The molecule has 3 nitrogen and oxygen atoms in total. The number of fused-ring (bicyclic) bond motifs is 1. The predicted octanol–water partition coefficient (Wildman–Crippen LogP) is 1.53. The van der Waals surface area contributed by atoms with E-state index in [4.69, 9.17) is 0 Å². The number of hydrogen-bond donors (Lipinski definition) is 0. The maximum atomic E-state index is 4.24. The Balaban J connectivity index is 2.66. The van der Waals surface area contributed by atoms with Gasteiger partial charge in [-0.25, -0.2) is 4.98 Å². The third kappa shape index (κ3) is 1.07. The smallest absolute Gasteiger partial charge is 0.181 e. The number of hydrogen-bond acceptors (Lipinski definition) is 2. The molecular weight excluding hydrogens is 150 g/mol. The van der Waals surface area contributed by atoms with E-state index in [1.54, 1.807) is 4.68 Å². The van der Waals surface area contributed by atoms with Crippen molar-refractivity contribution in [2.45, 2.75) is 13.3 Å². The highest BCUT2D eigenvalue weighted by molar-refractivity contribution is 5.74. The predicted molar refractivity (Wildman–Crippen MR) is 47.9 cm³/mol. The molecule has 0 aliphatic heterocycles. The highest BCUT2D eigenvalue weighted by Crippen LogP contribution is 2.10. The van der Waals surface area contributed by atoms with Crippen molar-refractivity contribution in [1.82, 2.24) is 14.8 Å². The van der Waals surface area contributed by atoms with Gasteiger partial charge in [-0.05, 0) is 18.1 Å². The van der Waals surface area contributed by atoms with E-state index in [-0.39, 0.29) is 0 Å². The third-order valence-electron chi connectivity index (χ3n) is 1.94. The standard InChI is InChI=1S/C9H11N3/c1-3-7-4-8-6-12(2)11-9(8)10-5-7/h4-6H,3H2,1-2H3. The minimum atomic E-state index is 0.828. The van der Waals surface area contributed by atoms with Crippen LogP contribution in [0.5, 0.6) is 0 Å². The summed E-state index contributed by atoms with van der Waals surface area (Å²) in [5.41, 5.74) is 2.09. The van der Waals surface area contributed by atoms with Gasteiger partial charge in [0, 0.05) is 24.8 Å². The normalized spacial score (nSPS) is 10.8. The molecule has 0 spiro atoms. The Labute approximate surface area is 71.0 Å². The van der Waals surface area contributed by atoms with Gasteiger partial charge < -0.3 is 0 Å². The van der Waals surface area contributed by atoms with Gasteiger partial charge in [-0.15, -0.1) is 0 Å². The zero-order valence-corrected chi connectivity index (χ0v) is 7.28. The summed E-state index contributed by atoms with van der Waals surface area (Å²) in [5.74, 6) is 0. The first-order valence-electron chi connectivity index (χ1n) is 4.08. The lowest BCUT2D eigenvalue weighted by Gasteiger charge is -1.92. The fraction of sp³-hybridized carbons (Fsp3) is 0.333. The summed E-state index contributed by atoms with van der Waals surface area (Å²) in [6.45, 7) is 2.12. The Kier molecular flexibility index (Phi) is 1.57. The van der Waals surface area contributed by atoms with Gasteiger partial charge in [0.15, 0.2) is 5.65 Å². The Morgan fingerprint density at radius 2 is 2.33 bits per heavy atom. The van der Waals surface area contributed by atoms with Gasteiger partial charge in [0.25, 0.3) is 0 Å². The molecule has 12 heavy (non-hydrogen) atoms. The molecule has 0 aliphatic carbocycles. The van der Waals surface area contributed by atoms with Gasteiger partial charge in [0.1, 0.15) is 0 Å². The first kappa shape index (κ1) is 7.28. The highest BCUT2D eigenvalue weighted by atomic mass is 15.3. The second-order valence-corrected chi connectivity index (χ2v) is 2.91. The average molecular weight is 161 g/mol. The molecule has 0 aliphatic rings. The largest absolute Gasteiger partial charge is 0.273 e. The number of pyridine rings is 1. The minimum absolute atomic E-state index is 0.828. The van der Waals surface area contributed by atoms with Crippen LogP contribution in [0.1, 0.15) is 12.5 Å². The van der Waals surface area contributed by atoms with E-state index >= 15 is 0 Å². The Bertz CT molecular complexity index is 403. The average Bonchev–Trinajstić information content (AvgIpc) is 2.43. The maximum Gasteiger partial charge on any atom is 0.181 e. The van der Waals surface area contributed by atoms with E-state index in [0.29, 0.717) is 0 Å². The second-order valence-electron chi connectivity index (χ2n) is 2.91. The van der Waals surface area contributed by atoms with Crippen molar-refractivity contribution in [1.29, 1.82) is 0 Å². The molecule has 62 valence electrons. The molecule has 0 atom stereocenters. The van der Waals surface area contributed by atoms with Crippen molar-refractivity contribution < 1.29 is 0 Å². The van der Waals surface area contributed by atoms with E-state index in [1.165, 1.54) is 5.56 Å². The van der Waals surface area contributed by atoms with Gasteiger partial charge in [-0.1, -0.05) is 6.92 Å². The van der Waals surface area contributed by atoms with Crippen molar-refractivity contribution in [3.05, 3.63) is 24.0 Å². The first-order chi connectivity index (χ1) is 5.79. The molecule has 0 radical (unpaired) electrons. The highest BCUT2D eigenvalue weighted by Gasteiger charge is 1.99. The lowest BCUT2D eigenvalue weighted by atomic mass is 10.2. The third-order valence-corrected chi connectivity index (χ3v) is 1.94. The molecule has 2 heterocycles. The fourth-order valence-electron chi connectivity index (χ4n) is 1.27. The van der Waals surface area contributed by atoms with Crippen LogP contribution in [0.4, 0.5) is 0 Å². The van der Waals surface area contributed by atoms with Crippen LogP contribution in [-0.4, -0.2) is 14.8 Å². The Morgan fingerprint density at radius 1 is 1.50 bits per heavy atom. The van der Waals surface area contributed by atoms with Crippen LogP contribution in [0.3, 0.4) is 0 Å². The first-order valence-corrected chi connectivity index (χ1v) is 4.08. The monoisotopic (exact) mass is 161 g/mol. The van der Waals surface area contributed by atoms with Gasteiger partial charge in [0.2, 0.25) is 0 Å². The zero-order chi connectivity index (χ0) is 8.55. The fourth-order valence-corrected chi connectivity index (χ4v) is 1.27. The summed E-state index contributed by atoms with van der Waals surface area (Å²) in [6, 6.07) is 2.13. The summed E-state index contributed by atoms with van der Waals surface area (Å²) in [6.07, 6.45) is 4.90. The summed E-state index contributed by atoms with van der Waals surface area (Å²) in [5, 5.41) is 5.32. The molecule has 0 unspecified atom stereocenters. The second kappa shape index (κ2) is 2.59. The lowest BCUT2D eigenvalue weighted by Crippen LogP contribution is -1.86. The van der Waals surface area contributed by atoms with E-state index in [0.717, 1.165) is 17.5 Å². The molecule has 0 bridgehead atoms. The molecule has 0 aromatic carbocycles. The van der Waals surface area contributed by atoms with Crippen molar-refractivity contribution in [3.63, 3.8) is 0 Å². The number of aromatic nitrogens is 3. The molecular formula is C9H11N3. The van der Waals surface area contributed by atoms with Crippen LogP contribution in [0.25, 0.3) is 11.0 Å². The number of nitrogens with zero attached hydrogens (tertiary/aromatic N) is 3. The summed E-state index contributed by atoms with van der Waals surface area (Å²) >= 11 is 0. The van der Waals surface area contributed by atoms with Gasteiger partial charge in [-0.3, -0.25) is 4.68 Å². The van der Waals surface area contributed by atoms with E-state index in [9.17, 15) is 0 Å². The zero-order valence-electron chi connectivity index (χ0n) is 7.28. The molecule has 0 amide bonds. The molecule has 0 saturated carbocycles.